The molecule has 6 nitrogen and oxygen atoms in total. The molecule has 0 radical (unpaired) electrons. The van der Waals surface area contributed by atoms with Crippen LogP contribution in [0.15, 0.2) is 11.1 Å². The van der Waals surface area contributed by atoms with Crippen LogP contribution in [0.1, 0.15) is 81.1 Å². The van der Waals surface area contributed by atoms with E-state index in [1.165, 1.54) is 0 Å². The Hall–Kier alpha value is -1.40. The number of carboxylic acid groups (broad SMARTS) is 2. The minimum absolute atomic E-state index is 0.0506. The second-order valence-electron chi connectivity index (χ2n) is 12.0. The van der Waals surface area contributed by atoms with Gasteiger partial charge in [0.05, 0.1) is 11.9 Å². The van der Waals surface area contributed by atoms with Crippen molar-refractivity contribution in [3.05, 3.63) is 11.1 Å². The molecular formula is C24H40N2O4-2. The van der Waals surface area contributed by atoms with Crippen LogP contribution in [0.3, 0.4) is 0 Å². The van der Waals surface area contributed by atoms with Gasteiger partial charge in [-0.3, -0.25) is 9.80 Å². The zero-order valence-corrected chi connectivity index (χ0v) is 20.5. The summed E-state index contributed by atoms with van der Waals surface area (Å²) in [7, 11) is 4.08. The molecule has 0 amide bonds. The molecule has 0 saturated carbocycles. The molecule has 0 bridgehead atoms. The van der Waals surface area contributed by atoms with Crippen LogP contribution < -0.4 is 10.2 Å². The predicted octanol–water partition coefficient (Wildman–Crippen LogP) is 1.58. The van der Waals surface area contributed by atoms with Gasteiger partial charge in [0.25, 0.3) is 0 Å². The number of carbonyl (C=O) groups excluding carboxylic acids is 2. The standard InChI is InChI=1S/C24H42N2O4/c1-21(2)11-15(12-22(3,4)25(21)9)17(19(27)28)18(20(29)30)16-13-23(5,6)26(10)24(7,8)14-16/h15-16H,11-14H2,1-10H3,(H,27,28)(H,29,30)/p-2/b18-17+. The Kier molecular flexibility index (Phi) is 6.32. The van der Waals surface area contributed by atoms with Gasteiger partial charge in [0.1, 0.15) is 0 Å². The van der Waals surface area contributed by atoms with Crippen LogP contribution in [-0.4, -0.2) is 58.0 Å². The fourth-order valence-corrected chi connectivity index (χ4v) is 6.14. The zero-order valence-electron chi connectivity index (χ0n) is 20.5. The fourth-order valence-electron chi connectivity index (χ4n) is 6.14. The third-order valence-corrected chi connectivity index (χ3v) is 8.16. The van der Waals surface area contributed by atoms with Gasteiger partial charge in [-0.15, -0.1) is 0 Å². The molecule has 2 fully saturated rings. The van der Waals surface area contributed by atoms with E-state index in [2.05, 4.69) is 65.2 Å². The summed E-state index contributed by atoms with van der Waals surface area (Å²) in [6.45, 7) is 16.6. The van der Waals surface area contributed by atoms with E-state index in [1.54, 1.807) is 0 Å². The first-order chi connectivity index (χ1) is 13.3. The Morgan fingerprint density at radius 2 is 0.800 bits per heavy atom. The van der Waals surface area contributed by atoms with E-state index >= 15 is 0 Å². The zero-order chi connectivity index (χ0) is 23.4. The Labute approximate surface area is 182 Å². The highest BCUT2D eigenvalue weighted by Gasteiger charge is 2.47. The summed E-state index contributed by atoms with van der Waals surface area (Å²) >= 11 is 0. The Morgan fingerprint density at radius 1 is 0.600 bits per heavy atom. The molecule has 0 aromatic rings. The van der Waals surface area contributed by atoms with Gasteiger partial charge in [0, 0.05) is 22.2 Å². The first-order valence-corrected chi connectivity index (χ1v) is 11.0. The van der Waals surface area contributed by atoms with Crippen molar-refractivity contribution in [1.29, 1.82) is 0 Å². The fraction of sp³-hybridized carbons (Fsp3) is 0.833. The number of piperidine rings is 2. The molecule has 2 heterocycles. The highest BCUT2D eigenvalue weighted by molar-refractivity contribution is 5.98. The van der Waals surface area contributed by atoms with Crippen molar-refractivity contribution in [2.24, 2.45) is 11.8 Å². The topological polar surface area (TPSA) is 86.7 Å². The van der Waals surface area contributed by atoms with Gasteiger partial charge in [0.15, 0.2) is 0 Å². The number of rotatable bonds is 4. The molecule has 2 saturated heterocycles. The lowest BCUT2D eigenvalue weighted by Gasteiger charge is -2.56. The van der Waals surface area contributed by atoms with E-state index in [1.807, 2.05) is 14.1 Å². The molecule has 0 aromatic heterocycles. The van der Waals surface area contributed by atoms with E-state index in [4.69, 9.17) is 0 Å². The summed E-state index contributed by atoms with van der Waals surface area (Å²) in [4.78, 5) is 29.3. The van der Waals surface area contributed by atoms with E-state index < -0.39 is 23.8 Å². The Balaban J connectivity index is 2.63. The first-order valence-electron chi connectivity index (χ1n) is 11.0. The normalized spacial score (nSPS) is 28.1. The van der Waals surface area contributed by atoms with E-state index in [0.29, 0.717) is 25.7 Å². The number of hydrogen-bond acceptors (Lipinski definition) is 6. The minimum Gasteiger partial charge on any atom is -0.545 e. The molecule has 30 heavy (non-hydrogen) atoms. The smallest absolute Gasteiger partial charge is 0.0681 e. The second-order valence-corrected chi connectivity index (χ2v) is 12.0. The van der Waals surface area contributed by atoms with E-state index in [0.717, 1.165) is 0 Å². The first kappa shape index (κ1) is 24.9. The molecule has 172 valence electrons. The van der Waals surface area contributed by atoms with Crippen LogP contribution in [0.2, 0.25) is 0 Å². The lowest BCUT2D eigenvalue weighted by atomic mass is 9.66. The summed E-state index contributed by atoms with van der Waals surface area (Å²) in [6.07, 6.45) is 2.25. The number of aliphatic carboxylic acids is 2. The van der Waals surface area contributed by atoms with Crippen LogP contribution in [0.5, 0.6) is 0 Å². The van der Waals surface area contributed by atoms with E-state index in [-0.39, 0.29) is 33.3 Å². The van der Waals surface area contributed by atoms with Crippen molar-refractivity contribution in [2.75, 3.05) is 14.1 Å². The maximum Gasteiger partial charge on any atom is 0.0681 e. The molecule has 0 N–H and O–H groups in total. The number of carbonyl (C=O) groups is 2. The minimum atomic E-state index is -1.37. The molecule has 2 aliphatic rings. The van der Waals surface area contributed by atoms with Crippen molar-refractivity contribution in [3.63, 3.8) is 0 Å². The monoisotopic (exact) mass is 420 g/mol. The van der Waals surface area contributed by atoms with Crippen molar-refractivity contribution in [1.82, 2.24) is 9.80 Å². The number of carboxylic acids is 2. The molecule has 2 aliphatic heterocycles. The van der Waals surface area contributed by atoms with Gasteiger partial charge < -0.3 is 19.8 Å². The Bertz CT molecular complexity index is 650. The van der Waals surface area contributed by atoms with Gasteiger partial charge >= 0.3 is 0 Å². The average Bonchev–Trinajstić information content (AvgIpc) is 2.53. The van der Waals surface area contributed by atoms with Crippen LogP contribution in [0.4, 0.5) is 0 Å². The van der Waals surface area contributed by atoms with Crippen molar-refractivity contribution >= 4 is 11.9 Å². The highest BCUT2D eigenvalue weighted by atomic mass is 16.4. The summed E-state index contributed by atoms with van der Waals surface area (Å²) in [6, 6.07) is 0. The van der Waals surface area contributed by atoms with Crippen LogP contribution in [0, 0.1) is 11.8 Å². The quantitative estimate of drug-likeness (QED) is 0.642. The number of nitrogens with zero attached hydrogens (tertiary/aromatic N) is 2. The van der Waals surface area contributed by atoms with Crippen molar-refractivity contribution in [2.45, 2.75) is 103 Å². The maximum atomic E-state index is 12.4. The lowest BCUT2D eigenvalue weighted by molar-refractivity contribution is -0.305. The summed E-state index contributed by atoms with van der Waals surface area (Å²) in [5.41, 5.74) is -1.17. The van der Waals surface area contributed by atoms with Gasteiger partial charge in [-0.05, 0) is 118 Å². The van der Waals surface area contributed by atoms with Gasteiger partial charge in [-0.25, -0.2) is 0 Å². The van der Waals surface area contributed by atoms with Crippen molar-refractivity contribution in [3.8, 4) is 0 Å². The number of hydrogen-bond donors (Lipinski definition) is 0. The molecule has 2 rings (SSSR count). The molecule has 0 atom stereocenters. The SMILES string of the molecule is CN1C(C)(C)CC(/C(C(=O)[O-])=C(\C(=O)[O-])C2CC(C)(C)N(C)C(C)(C)C2)CC1(C)C. The van der Waals surface area contributed by atoms with Gasteiger partial charge in [0.2, 0.25) is 0 Å². The van der Waals surface area contributed by atoms with Crippen LogP contribution in [-0.2, 0) is 9.59 Å². The molecule has 0 unspecified atom stereocenters. The molecule has 6 heteroatoms. The summed E-state index contributed by atoms with van der Waals surface area (Å²) < 4.78 is 0. The summed E-state index contributed by atoms with van der Waals surface area (Å²) in [5.74, 6) is -3.53. The molecule has 0 spiro atoms. The third kappa shape index (κ3) is 4.45. The second kappa shape index (κ2) is 7.63. The molecule has 0 aliphatic carbocycles. The summed E-state index contributed by atoms with van der Waals surface area (Å²) in [5, 5.41) is 24.8. The van der Waals surface area contributed by atoms with Crippen molar-refractivity contribution < 1.29 is 19.8 Å². The molecular weight excluding hydrogens is 380 g/mol. The van der Waals surface area contributed by atoms with Crippen LogP contribution >= 0.6 is 0 Å². The largest absolute Gasteiger partial charge is 0.545 e. The molecule has 0 aromatic carbocycles. The Morgan fingerprint density at radius 3 is 0.967 bits per heavy atom. The average molecular weight is 421 g/mol. The van der Waals surface area contributed by atoms with E-state index in [9.17, 15) is 19.8 Å². The lowest BCUT2D eigenvalue weighted by Crippen LogP contribution is -2.60. The maximum absolute atomic E-state index is 12.4. The predicted molar refractivity (Wildman–Crippen MR) is 114 cm³/mol. The van der Waals surface area contributed by atoms with Gasteiger partial charge in [-0.2, -0.15) is 0 Å². The number of likely N-dealkylation sites (tertiary alicyclic amines) is 2. The highest BCUT2D eigenvalue weighted by Crippen LogP contribution is 2.47. The van der Waals surface area contributed by atoms with Crippen LogP contribution in [0.25, 0.3) is 0 Å². The van der Waals surface area contributed by atoms with Gasteiger partial charge in [-0.1, -0.05) is 0 Å². The third-order valence-electron chi connectivity index (χ3n) is 8.16.